The third kappa shape index (κ3) is 9.29. The van der Waals surface area contributed by atoms with Gasteiger partial charge in [0, 0.05) is 28.4 Å². The lowest BCUT2D eigenvalue weighted by Gasteiger charge is -2.25. The molecule has 2 aliphatic rings. The van der Waals surface area contributed by atoms with Crippen molar-refractivity contribution in [3.05, 3.63) is 83.4 Å². The summed E-state index contributed by atoms with van der Waals surface area (Å²) in [5, 5.41) is 0. The lowest BCUT2D eigenvalue weighted by molar-refractivity contribution is -0.118. The molecule has 0 N–H and O–H groups in total. The highest BCUT2D eigenvalue weighted by Gasteiger charge is 2.37. The van der Waals surface area contributed by atoms with Gasteiger partial charge < -0.3 is 0 Å². The van der Waals surface area contributed by atoms with E-state index in [9.17, 15) is 14.4 Å². The number of alkyl halides is 1. The fourth-order valence-electron chi connectivity index (χ4n) is 5.37. The van der Waals surface area contributed by atoms with E-state index in [1.807, 2.05) is 69.3 Å². The van der Waals surface area contributed by atoms with E-state index in [0.717, 1.165) is 61.6 Å². The maximum absolute atomic E-state index is 12.5. The van der Waals surface area contributed by atoms with Gasteiger partial charge in [0.2, 0.25) is 0 Å². The van der Waals surface area contributed by atoms with Crippen LogP contribution in [0.2, 0.25) is 0 Å². The number of allylic oxidation sites excluding steroid dienone is 1. The maximum Gasteiger partial charge on any atom is 0.169 e. The zero-order valence-electron chi connectivity index (χ0n) is 24.4. The monoisotopic (exact) mass is 630 g/mol. The molecule has 0 unspecified atom stereocenters. The number of fused-ring (bicyclic) bond motifs is 2. The molecule has 2 aliphatic carbocycles. The summed E-state index contributed by atoms with van der Waals surface area (Å²) in [4.78, 5) is 36.4. The molecule has 0 amide bonds. The Balaban J connectivity index is 0.000000326. The molecule has 38 heavy (non-hydrogen) atoms. The van der Waals surface area contributed by atoms with Crippen molar-refractivity contribution >= 4 is 39.9 Å². The highest BCUT2D eigenvalue weighted by Crippen LogP contribution is 2.38. The minimum atomic E-state index is -0.502. The van der Waals surface area contributed by atoms with Gasteiger partial charge in [-0.3, -0.25) is 14.4 Å². The number of hydrogen-bond donors (Lipinski definition) is 0. The van der Waals surface area contributed by atoms with Crippen molar-refractivity contribution in [3.8, 4) is 0 Å². The van der Waals surface area contributed by atoms with Gasteiger partial charge in [-0.15, -0.1) is 6.58 Å². The van der Waals surface area contributed by atoms with Gasteiger partial charge in [-0.25, -0.2) is 0 Å². The van der Waals surface area contributed by atoms with Crippen molar-refractivity contribution in [1.29, 1.82) is 0 Å². The van der Waals surface area contributed by atoms with Crippen molar-refractivity contribution < 1.29 is 14.4 Å². The van der Waals surface area contributed by atoms with Crippen LogP contribution in [0.5, 0.6) is 0 Å². The average Bonchev–Trinajstić information content (AvgIpc) is 3.10. The Labute approximate surface area is 245 Å². The number of hydrogen-bond acceptors (Lipinski definition) is 3. The molecule has 0 bridgehead atoms. The van der Waals surface area contributed by atoms with E-state index in [0.29, 0.717) is 12.2 Å². The van der Waals surface area contributed by atoms with Gasteiger partial charge in [-0.1, -0.05) is 112 Å². The molecule has 0 fully saturated rings. The number of carbonyl (C=O) groups is 3. The van der Waals surface area contributed by atoms with Gasteiger partial charge in [-0.05, 0) is 67.4 Å². The molecule has 0 aromatic heterocycles. The van der Waals surface area contributed by atoms with Gasteiger partial charge >= 0.3 is 0 Å². The van der Waals surface area contributed by atoms with Crippen LogP contribution >= 0.6 is 22.6 Å². The number of Topliss-reactive ketones (excluding diaryl/α,β-unsaturated/α-hetero) is 3. The number of aryl methyl sites for hydroxylation is 2. The summed E-state index contributed by atoms with van der Waals surface area (Å²) in [6.07, 6.45) is 8.81. The molecule has 208 valence electrons. The van der Waals surface area contributed by atoms with E-state index in [4.69, 9.17) is 0 Å². The number of ketones is 3. The second-order valence-electron chi connectivity index (χ2n) is 10.4. The normalized spacial score (nSPS) is 21.8. The summed E-state index contributed by atoms with van der Waals surface area (Å²) >= 11 is 2.29. The van der Waals surface area contributed by atoms with Crippen LogP contribution in [-0.2, 0) is 17.6 Å². The first kappa shape index (κ1) is 33.9. The first-order valence-corrected chi connectivity index (χ1v) is 15.6. The van der Waals surface area contributed by atoms with Crippen molar-refractivity contribution in [2.75, 3.05) is 4.43 Å². The van der Waals surface area contributed by atoms with E-state index in [1.54, 1.807) is 6.92 Å². The van der Waals surface area contributed by atoms with E-state index < -0.39 is 5.41 Å². The Morgan fingerprint density at radius 2 is 1.26 bits per heavy atom. The molecule has 4 rings (SSSR count). The van der Waals surface area contributed by atoms with Crippen LogP contribution in [0.25, 0.3) is 0 Å². The summed E-state index contributed by atoms with van der Waals surface area (Å²) in [5.41, 5.74) is 3.33. The van der Waals surface area contributed by atoms with Crippen molar-refractivity contribution in [2.45, 2.75) is 92.9 Å². The van der Waals surface area contributed by atoms with Gasteiger partial charge in [-0.2, -0.15) is 0 Å². The van der Waals surface area contributed by atoms with Crippen molar-refractivity contribution in [3.63, 3.8) is 0 Å². The Bertz CT molecular complexity index is 1070. The molecule has 0 aliphatic heterocycles. The Hall–Kier alpha value is -2.08. The number of carbonyl (C=O) groups excluding carboxylic acids is 3. The zero-order valence-corrected chi connectivity index (χ0v) is 26.5. The summed E-state index contributed by atoms with van der Waals surface area (Å²) in [5.74, 6) is 0.529. The van der Waals surface area contributed by atoms with Crippen LogP contribution in [0.1, 0.15) is 112 Å². The van der Waals surface area contributed by atoms with Crippen LogP contribution in [0.3, 0.4) is 0 Å². The molecular weight excluding hydrogens is 583 g/mol. The van der Waals surface area contributed by atoms with Crippen molar-refractivity contribution in [2.24, 2.45) is 10.8 Å². The molecular formula is C34H47IO3. The van der Waals surface area contributed by atoms with Gasteiger partial charge in [0.25, 0.3) is 0 Å². The predicted octanol–water partition coefficient (Wildman–Crippen LogP) is 9.45. The van der Waals surface area contributed by atoms with Crippen LogP contribution in [0.4, 0.5) is 0 Å². The fourth-order valence-corrected chi connectivity index (χ4v) is 5.37. The van der Waals surface area contributed by atoms with E-state index in [-0.39, 0.29) is 17.0 Å². The number of halogens is 1. The Kier molecular flexibility index (Phi) is 15.0. The molecule has 2 aromatic rings. The molecule has 2 atom stereocenters. The molecule has 4 heteroatoms. The number of rotatable bonds is 4. The standard InChI is InChI=1S/C15H18O2.C15H18O.C2H5I.C2H6/c1-11(16)10-15(2)9-5-7-12-6-3-4-8-13(12)14(15)17;1-3-10-15(2)11-6-8-12-7-4-5-9-13(12)14(15)16;1-2-3;1-2/h3-4,6,8H,5,7,9-10H2,1-2H3;3-5,7,9H,1,6,8,10-11H2,2H3;2H2,1H3;1-2H3/t2*15-;;/m11../s1. The second kappa shape index (κ2) is 16.8. The average molecular weight is 631 g/mol. The summed E-state index contributed by atoms with van der Waals surface area (Å²) in [7, 11) is 0. The van der Waals surface area contributed by atoms with E-state index in [2.05, 4.69) is 49.1 Å². The molecule has 3 nitrogen and oxygen atoms in total. The largest absolute Gasteiger partial charge is 0.300 e. The van der Waals surface area contributed by atoms with Crippen LogP contribution in [-0.4, -0.2) is 21.8 Å². The van der Waals surface area contributed by atoms with Crippen LogP contribution in [0, 0.1) is 10.8 Å². The van der Waals surface area contributed by atoms with Crippen LogP contribution in [0.15, 0.2) is 61.2 Å². The highest BCUT2D eigenvalue weighted by molar-refractivity contribution is 14.1. The third-order valence-electron chi connectivity index (χ3n) is 7.20. The topological polar surface area (TPSA) is 51.2 Å². The molecule has 0 heterocycles. The number of benzene rings is 2. The summed E-state index contributed by atoms with van der Waals surface area (Å²) in [6, 6.07) is 15.8. The molecule has 0 radical (unpaired) electrons. The molecule has 0 saturated carbocycles. The summed E-state index contributed by atoms with van der Waals surface area (Å²) in [6.45, 7) is 15.4. The molecule has 0 spiro atoms. The van der Waals surface area contributed by atoms with Gasteiger partial charge in [0.15, 0.2) is 11.6 Å². The minimum Gasteiger partial charge on any atom is -0.300 e. The highest BCUT2D eigenvalue weighted by atomic mass is 127. The maximum atomic E-state index is 12.5. The lowest BCUT2D eigenvalue weighted by Crippen LogP contribution is -2.29. The fraction of sp³-hybridized carbons (Fsp3) is 0.500. The quantitative estimate of drug-likeness (QED) is 0.146. The molecule has 2 aromatic carbocycles. The smallest absolute Gasteiger partial charge is 0.169 e. The second-order valence-corrected chi connectivity index (χ2v) is 12.0. The minimum absolute atomic E-state index is 0.0974. The van der Waals surface area contributed by atoms with Gasteiger partial charge in [0.05, 0.1) is 0 Å². The van der Waals surface area contributed by atoms with Crippen molar-refractivity contribution in [1.82, 2.24) is 0 Å². The SMILES string of the molecule is C=CC[C@]1(C)CCCc2ccccc2C1=O.CC.CC(=O)C[C@@]1(C)CCCc2ccccc2C1=O.CCI. The first-order valence-electron chi connectivity index (χ1n) is 14.0. The van der Waals surface area contributed by atoms with Gasteiger partial charge in [0.1, 0.15) is 5.78 Å². The summed E-state index contributed by atoms with van der Waals surface area (Å²) < 4.78 is 1.22. The Morgan fingerprint density at radius 3 is 1.68 bits per heavy atom. The van der Waals surface area contributed by atoms with E-state index in [1.165, 1.54) is 9.99 Å². The molecule has 0 saturated heterocycles. The zero-order chi connectivity index (χ0) is 28.8. The first-order chi connectivity index (χ1) is 18.1. The Morgan fingerprint density at radius 1 is 0.868 bits per heavy atom. The van der Waals surface area contributed by atoms with Crippen LogP contribution < -0.4 is 0 Å². The predicted molar refractivity (Wildman–Crippen MR) is 170 cm³/mol. The van der Waals surface area contributed by atoms with E-state index >= 15 is 0 Å². The lowest BCUT2D eigenvalue weighted by atomic mass is 9.76. The third-order valence-corrected chi connectivity index (χ3v) is 7.20.